The molecule has 0 fully saturated rings. The lowest BCUT2D eigenvalue weighted by molar-refractivity contribution is -0.0254. The van der Waals surface area contributed by atoms with Gasteiger partial charge < -0.3 is 10.5 Å². The summed E-state index contributed by atoms with van der Waals surface area (Å²) in [6.45, 7) is 12.1. The molecule has 1 aliphatic rings. The molecule has 2 nitrogen and oxygen atoms in total. The first-order chi connectivity index (χ1) is 8.39. The Balaban J connectivity index is 2.66. The Morgan fingerprint density at radius 3 is 2.39 bits per heavy atom. The van der Waals surface area contributed by atoms with Gasteiger partial charge in [0.05, 0.1) is 12.7 Å². The molecule has 2 N–H and O–H groups in total. The molecular weight excluding hydrogens is 222 g/mol. The second-order valence-corrected chi connectivity index (χ2v) is 6.15. The van der Waals surface area contributed by atoms with Crippen molar-refractivity contribution in [1.29, 1.82) is 0 Å². The number of fused-ring (bicyclic) bond motifs is 1. The molecule has 2 heteroatoms. The third kappa shape index (κ3) is 1.83. The number of ether oxygens (including phenoxy) is 1. The van der Waals surface area contributed by atoms with E-state index in [-0.39, 0.29) is 11.5 Å². The highest BCUT2D eigenvalue weighted by molar-refractivity contribution is 5.50. The van der Waals surface area contributed by atoms with Crippen molar-refractivity contribution < 1.29 is 4.74 Å². The molecular formula is C16H25NO. The second kappa shape index (κ2) is 4.58. The highest BCUT2D eigenvalue weighted by Crippen LogP contribution is 2.47. The van der Waals surface area contributed by atoms with Crippen molar-refractivity contribution in [1.82, 2.24) is 0 Å². The molecule has 0 bridgehead atoms. The second-order valence-electron chi connectivity index (χ2n) is 6.15. The number of hydrogen-bond acceptors (Lipinski definition) is 2. The Kier molecular flexibility index (Phi) is 3.41. The Bertz CT molecular complexity index is 429. The van der Waals surface area contributed by atoms with Gasteiger partial charge in [-0.1, -0.05) is 33.8 Å². The van der Waals surface area contributed by atoms with Crippen LogP contribution in [0.15, 0.2) is 18.2 Å². The molecule has 2 rings (SSSR count). The Morgan fingerprint density at radius 2 is 1.83 bits per heavy atom. The number of nitrogens with two attached hydrogens (primary N) is 1. The quantitative estimate of drug-likeness (QED) is 0.804. The molecule has 1 aliphatic heterocycles. The maximum absolute atomic E-state index is 6.04. The molecule has 1 heterocycles. The lowest BCUT2D eigenvalue weighted by atomic mass is 9.62. The zero-order valence-corrected chi connectivity index (χ0v) is 12.2. The van der Waals surface area contributed by atoms with E-state index in [1.165, 1.54) is 11.1 Å². The number of hydrogen-bond donors (Lipinski definition) is 1. The maximum atomic E-state index is 6.04. The zero-order chi connectivity index (χ0) is 13.5. The molecule has 1 aromatic rings. The monoisotopic (exact) mass is 247 g/mol. The molecule has 18 heavy (non-hydrogen) atoms. The van der Waals surface area contributed by atoms with Crippen LogP contribution in [0.1, 0.15) is 51.8 Å². The first-order valence-electron chi connectivity index (χ1n) is 6.91. The molecule has 1 unspecified atom stereocenters. The van der Waals surface area contributed by atoms with Crippen LogP contribution in [0.3, 0.4) is 0 Å². The minimum atomic E-state index is 0.0806. The fourth-order valence-corrected chi connectivity index (χ4v) is 3.38. The molecule has 0 radical (unpaired) electrons. The van der Waals surface area contributed by atoms with E-state index in [1.807, 2.05) is 6.07 Å². The van der Waals surface area contributed by atoms with Gasteiger partial charge in [0.1, 0.15) is 0 Å². The van der Waals surface area contributed by atoms with E-state index in [9.17, 15) is 0 Å². The highest BCUT2D eigenvalue weighted by atomic mass is 16.5. The van der Waals surface area contributed by atoms with Gasteiger partial charge in [-0.15, -0.1) is 0 Å². The lowest BCUT2D eigenvalue weighted by Gasteiger charge is -2.47. The largest absolute Gasteiger partial charge is 0.399 e. The summed E-state index contributed by atoms with van der Waals surface area (Å²) in [4.78, 5) is 0. The van der Waals surface area contributed by atoms with Gasteiger partial charge in [0.25, 0.3) is 0 Å². The standard InChI is InChI=1S/C16H25NO/c1-10(2)16(11(3)4)9-18-12(5)14-7-6-13(17)8-15(14)16/h6-8,10-12H,9,17H2,1-5H3. The first kappa shape index (κ1) is 13.4. The van der Waals surface area contributed by atoms with Gasteiger partial charge >= 0.3 is 0 Å². The van der Waals surface area contributed by atoms with Crippen LogP contribution in [0, 0.1) is 11.8 Å². The highest BCUT2D eigenvalue weighted by Gasteiger charge is 2.44. The van der Waals surface area contributed by atoms with Crippen molar-refractivity contribution in [2.45, 2.75) is 46.1 Å². The van der Waals surface area contributed by atoms with Crippen molar-refractivity contribution in [2.75, 3.05) is 12.3 Å². The summed E-state index contributed by atoms with van der Waals surface area (Å²) < 4.78 is 6.04. The van der Waals surface area contributed by atoms with Gasteiger partial charge in [-0.25, -0.2) is 0 Å². The zero-order valence-electron chi connectivity index (χ0n) is 12.2. The van der Waals surface area contributed by atoms with Crippen LogP contribution in [-0.4, -0.2) is 6.61 Å². The molecule has 1 atom stereocenters. The summed E-state index contributed by atoms with van der Waals surface area (Å²) in [5, 5.41) is 0. The maximum Gasteiger partial charge on any atom is 0.0800 e. The average Bonchev–Trinajstić information content (AvgIpc) is 2.28. The fourth-order valence-electron chi connectivity index (χ4n) is 3.38. The topological polar surface area (TPSA) is 35.2 Å². The molecule has 100 valence electrons. The van der Waals surface area contributed by atoms with E-state index in [2.05, 4.69) is 46.8 Å². The number of rotatable bonds is 2. The average molecular weight is 247 g/mol. The molecule has 0 amide bonds. The van der Waals surface area contributed by atoms with Crippen molar-refractivity contribution in [3.05, 3.63) is 29.3 Å². The van der Waals surface area contributed by atoms with Crippen molar-refractivity contribution >= 4 is 5.69 Å². The summed E-state index contributed by atoms with van der Waals surface area (Å²) in [6.07, 6.45) is 0.172. The van der Waals surface area contributed by atoms with Crippen molar-refractivity contribution in [2.24, 2.45) is 11.8 Å². The summed E-state index contributed by atoms with van der Waals surface area (Å²) >= 11 is 0. The van der Waals surface area contributed by atoms with Crippen molar-refractivity contribution in [3.63, 3.8) is 0 Å². The number of benzene rings is 1. The summed E-state index contributed by atoms with van der Waals surface area (Å²) in [7, 11) is 0. The van der Waals surface area contributed by atoms with Crippen LogP contribution in [0.25, 0.3) is 0 Å². The van der Waals surface area contributed by atoms with E-state index < -0.39 is 0 Å². The summed E-state index contributed by atoms with van der Waals surface area (Å²) in [5.41, 5.74) is 9.64. The Morgan fingerprint density at radius 1 is 1.22 bits per heavy atom. The van der Waals surface area contributed by atoms with Crippen LogP contribution < -0.4 is 5.73 Å². The molecule has 0 saturated carbocycles. The minimum Gasteiger partial charge on any atom is -0.399 e. The predicted molar refractivity (Wildman–Crippen MR) is 76.6 cm³/mol. The van der Waals surface area contributed by atoms with Gasteiger partial charge in [0.15, 0.2) is 0 Å². The number of nitrogen functional groups attached to an aromatic ring is 1. The Labute approximate surface area is 111 Å². The third-order valence-electron chi connectivity index (χ3n) is 4.65. The van der Waals surface area contributed by atoms with Gasteiger partial charge in [-0.2, -0.15) is 0 Å². The van der Waals surface area contributed by atoms with E-state index in [1.54, 1.807) is 0 Å². The SMILES string of the molecule is CC1OCC(C(C)C)(C(C)C)c2cc(N)ccc21. The first-order valence-corrected chi connectivity index (χ1v) is 6.91. The summed E-state index contributed by atoms with van der Waals surface area (Å²) in [5.74, 6) is 1.07. The Hall–Kier alpha value is -1.02. The molecule has 0 aliphatic carbocycles. The normalized spacial score (nSPS) is 22.3. The van der Waals surface area contributed by atoms with Crippen LogP contribution in [0.2, 0.25) is 0 Å². The van der Waals surface area contributed by atoms with Gasteiger partial charge in [-0.3, -0.25) is 0 Å². The minimum absolute atomic E-state index is 0.0806. The van der Waals surface area contributed by atoms with E-state index in [0.29, 0.717) is 11.8 Å². The fraction of sp³-hybridized carbons (Fsp3) is 0.625. The van der Waals surface area contributed by atoms with Gasteiger partial charge in [-0.05, 0) is 42.0 Å². The lowest BCUT2D eigenvalue weighted by Crippen LogP contribution is -2.46. The van der Waals surface area contributed by atoms with E-state index in [4.69, 9.17) is 10.5 Å². The smallest absolute Gasteiger partial charge is 0.0800 e. The molecule has 0 spiro atoms. The van der Waals surface area contributed by atoms with Crippen LogP contribution in [-0.2, 0) is 10.2 Å². The van der Waals surface area contributed by atoms with Gasteiger partial charge in [0, 0.05) is 11.1 Å². The predicted octanol–water partition coefficient (Wildman–Crippen LogP) is 3.91. The summed E-state index contributed by atoms with van der Waals surface area (Å²) in [6, 6.07) is 6.28. The number of anilines is 1. The molecule has 0 aromatic heterocycles. The third-order valence-corrected chi connectivity index (χ3v) is 4.65. The molecule has 1 aromatic carbocycles. The van der Waals surface area contributed by atoms with E-state index >= 15 is 0 Å². The van der Waals surface area contributed by atoms with E-state index in [0.717, 1.165) is 12.3 Å². The van der Waals surface area contributed by atoms with Crippen LogP contribution in [0.4, 0.5) is 5.69 Å². The van der Waals surface area contributed by atoms with Gasteiger partial charge in [0.2, 0.25) is 0 Å². The van der Waals surface area contributed by atoms with Crippen LogP contribution in [0.5, 0.6) is 0 Å². The van der Waals surface area contributed by atoms with Crippen molar-refractivity contribution in [3.8, 4) is 0 Å². The molecule has 0 saturated heterocycles. The van der Waals surface area contributed by atoms with Crippen LogP contribution >= 0.6 is 0 Å².